The molecule has 0 aromatic heterocycles. The average Bonchev–Trinajstić information content (AvgIpc) is 2.70. The van der Waals surface area contributed by atoms with E-state index < -0.39 is 0 Å². The molecule has 0 spiro atoms. The molecule has 0 radical (unpaired) electrons. The molecular formula is C15H23NO3S. The summed E-state index contributed by atoms with van der Waals surface area (Å²) >= 11 is 1.78. The molecule has 0 amide bonds. The Hall–Kier alpha value is -0.910. The van der Waals surface area contributed by atoms with Crippen molar-refractivity contribution >= 4 is 11.8 Å². The van der Waals surface area contributed by atoms with Crippen LogP contribution in [0.15, 0.2) is 23.1 Å². The normalized spacial score (nSPS) is 15.7. The summed E-state index contributed by atoms with van der Waals surface area (Å²) in [4.78, 5) is 1.18. The number of hydrogen-bond acceptors (Lipinski definition) is 5. The van der Waals surface area contributed by atoms with Crippen molar-refractivity contribution in [2.45, 2.75) is 30.7 Å². The van der Waals surface area contributed by atoms with Crippen LogP contribution >= 0.6 is 11.8 Å². The summed E-state index contributed by atoms with van der Waals surface area (Å²) < 4.78 is 11.3. The summed E-state index contributed by atoms with van der Waals surface area (Å²) in [5.41, 5.74) is 0. The topological polar surface area (TPSA) is 50.7 Å². The van der Waals surface area contributed by atoms with Crippen molar-refractivity contribution in [3.05, 3.63) is 18.2 Å². The predicted octanol–water partition coefficient (Wildman–Crippen LogP) is 2.30. The van der Waals surface area contributed by atoms with Gasteiger partial charge in [-0.15, -0.1) is 11.8 Å². The van der Waals surface area contributed by atoms with Crippen molar-refractivity contribution < 1.29 is 14.6 Å². The fourth-order valence-corrected chi connectivity index (χ4v) is 3.15. The molecule has 1 aromatic rings. The molecule has 4 nitrogen and oxygen atoms in total. The minimum Gasteiger partial charge on any atom is -0.490 e. The lowest BCUT2D eigenvalue weighted by atomic mass is 10.2. The largest absolute Gasteiger partial charge is 0.490 e. The van der Waals surface area contributed by atoms with Gasteiger partial charge in [-0.2, -0.15) is 0 Å². The van der Waals surface area contributed by atoms with E-state index in [1.165, 1.54) is 4.90 Å². The SMILES string of the molecule is CCNC(CCO)CSc1ccc2c(c1)OCCCO2. The van der Waals surface area contributed by atoms with Crippen molar-refractivity contribution in [1.29, 1.82) is 0 Å². The smallest absolute Gasteiger partial charge is 0.162 e. The highest BCUT2D eigenvalue weighted by Gasteiger charge is 2.12. The van der Waals surface area contributed by atoms with E-state index in [0.29, 0.717) is 12.6 Å². The molecule has 5 heteroatoms. The van der Waals surface area contributed by atoms with Crippen LogP contribution in [0.25, 0.3) is 0 Å². The van der Waals surface area contributed by atoms with Crippen LogP contribution in [-0.4, -0.2) is 43.3 Å². The van der Waals surface area contributed by atoms with E-state index in [1.807, 2.05) is 12.1 Å². The highest BCUT2D eigenvalue weighted by Crippen LogP contribution is 2.34. The van der Waals surface area contributed by atoms with Gasteiger partial charge in [-0.1, -0.05) is 6.92 Å². The van der Waals surface area contributed by atoms with Gasteiger partial charge in [-0.25, -0.2) is 0 Å². The fraction of sp³-hybridized carbons (Fsp3) is 0.600. The van der Waals surface area contributed by atoms with Crippen LogP contribution in [0, 0.1) is 0 Å². The molecule has 1 aromatic carbocycles. The third kappa shape index (κ3) is 4.58. The van der Waals surface area contributed by atoms with E-state index in [-0.39, 0.29) is 6.61 Å². The number of thioether (sulfide) groups is 1. The zero-order valence-electron chi connectivity index (χ0n) is 11.9. The Morgan fingerprint density at radius 1 is 1.30 bits per heavy atom. The molecule has 20 heavy (non-hydrogen) atoms. The molecule has 0 fully saturated rings. The summed E-state index contributed by atoms with van der Waals surface area (Å²) in [7, 11) is 0. The molecule has 1 atom stereocenters. The van der Waals surface area contributed by atoms with E-state index in [4.69, 9.17) is 14.6 Å². The molecule has 0 aliphatic carbocycles. The maximum absolute atomic E-state index is 9.06. The number of benzene rings is 1. The Bertz CT molecular complexity index is 408. The molecule has 0 saturated heterocycles. The monoisotopic (exact) mass is 297 g/mol. The first-order valence-electron chi connectivity index (χ1n) is 7.20. The van der Waals surface area contributed by atoms with Gasteiger partial charge >= 0.3 is 0 Å². The first-order valence-corrected chi connectivity index (χ1v) is 8.18. The lowest BCUT2D eigenvalue weighted by Gasteiger charge is -2.16. The standard InChI is InChI=1S/C15H23NO3S/c1-2-16-12(6-7-17)11-20-13-4-5-14-15(10-13)19-9-3-8-18-14/h4-5,10,12,16-17H,2-3,6-9,11H2,1H3. The van der Waals surface area contributed by atoms with E-state index >= 15 is 0 Å². The van der Waals surface area contributed by atoms with Gasteiger partial charge in [0.15, 0.2) is 11.5 Å². The number of fused-ring (bicyclic) bond motifs is 1. The average molecular weight is 297 g/mol. The van der Waals surface area contributed by atoms with E-state index in [9.17, 15) is 0 Å². The van der Waals surface area contributed by atoms with Gasteiger partial charge in [-0.05, 0) is 31.2 Å². The molecule has 0 bridgehead atoms. The van der Waals surface area contributed by atoms with Gasteiger partial charge < -0.3 is 19.9 Å². The zero-order chi connectivity index (χ0) is 14.2. The first kappa shape index (κ1) is 15.5. The molecule has 1 aliphatic heterocycles. The first-order chi connectivity index (χ1) is 9.83. The van der Waals surface area contributed by atoms with Crippen LogP contribution in [0.4, 0.5) is 0 Å². The van der Waals surface area contributed by atoms with E-state index in [0.717, 1.165) is 43.2 Å². The van der Waals surface area contributed by atoms with Crippen molar-refractivity contribution in [2.24, 2.45) is 0 Å². The zero-order valence-corrected chi connectivity index (χ0v) is 12.7. The van der Waals surface area contributed by atoms with Gasteiger partial charge in [0.1, 0.15) is 0 Å². The Morgan fingerprint density at radius 2 is 2.10 bits per heavy atom. The number of ether oxygens (including phenoxy) is 2. The van der Waals surface area contributed by atoms with Gasteiger partial charge in [0.2, 0.25) is 0 Å². The molecule has 0 saturated carbocycles. The number of aliphatic hydroxyl groups is 1. The summed E-state index contributed by atoms with van der Waals surface area (Å²) in [6.07, 6.45) is 1.71. The second-order valence-electron chi connectivity index (χ2n) is 4.74. The van der Waals surface area contributed by atoms with Gasteiger partial charge in [0.05, 0.1) is 13.2 Å². The molecule has 2 N–H and O–H groups in total. The van der Waals surface area contributed by atoms with Gasteiger partial charge in [0.25, 0.3) is 0 Å². The lowest BCUT2D eigenvalue weighted by Crippen LogP contribution is -2.31. The van der Waals surface area contributed by atoms with Crippen molar-refractivity contribution in [3.63, 3.8) is 0 Å². The highest BCUT2D eigenvalue weighted by molar-refractivity contribution is 7.99. The Morgan fingerprint density at radius 3 is 2.85 bits per heavy atom. The van der Waals surface area contributed by atoms with Crippen LogP contribution in [0.2, 0.25) is 0 Å². The third-order valence-electron chi connectivity index (χ3n) is 3.14. The van der Waals surface area contributed by atoms with Crippen molar-refractivity contribution in [3.8, 4) is 11.5 Å². The maximum atomic E-state index is 9.06. The van der Waals surface area contributed by atoms with E-state index in [1.54, 1.807) is 11.8 Å². The van der Waals surface area contributed by atoms with Gasteiger partial charge in [-0.3, -0.25) is 0 Å². The second-order valence-corrected chi connectivity index (χ2v) is 5.83. The maximum Gasteiger partial charge on any atom is 0.162 e. The summed E-state index contributed by atoms with van der Waals surface area (Å²) in [6, 6.07) is 6.44. The van der Waals surface area contributed by atoms with Crippen LogP contribution in [-0.2, 0) is 0 Å². The van der Waals surface area contributed by atoms with Crippen LogP contribution in [0.1, 0.15) is 19.8 Å². The number of nitrogens with one attached hydrogen (secondary N) is 1. The lowest BCUT2D eigenvalue weighted by molar-refractivity contribution is 0.271. The third-order valence-corrected chi connectivity index (χ3v) is 4.30. The van der Waals surface area contributed by atoms with Gasteiger partial charge in [0, 0.05) is 29.7 Å². The highest BCUT2D eigenvalue weighted by atomic mass is 32.2. The predicted molar refractivity (Wildman–Crippen MR) is 81.9 cm³/mol. The molecule has 1 aliphatic rings. The minimum atomic E-state index is 0.222. The Labute approximate surface area is 124 Å². The summed E-state index contributed by atoms with van der Waals surface area (Å²) in [5, 5.41) is 12.5. The van der Waals surface area contributed by atoms with Crippen molar-refractivity contribution in [2.75, 3.05) is 32.1 Å². The number of aliphatic hydroxyl groups excluding tert-OH is 1. The Balaban J connectivity index is 1.93. The second kappa shape index (κ2) is 8.39. The summed E-state index contributed by atoms with van der Waals surface area (Å²) in [5.74, 6) is 2.62. The fourth-order valence-electron chi connectivity index (χ4n) is 2.12. The molecule has 1 heterocycles. The number of hydrogen-bond donors (Lipinski definition) is 2. The van der Waals surface area contributed by atoms with Crippen LogP contribution < -0.4 is 14.8 Å². The quantitative estimate of drug-likeness (QED) is 0.756. The Kier molecular flexibility index (Phi) is 6.50. The molecule has 112 valence electrons. The van der Waals surface area contributed by atoms with Crippen LogP contribution in [0.3, 0.4) is 0 Å². The van der Waals surface area contributed by atoms with Crippen molar-refractivity contribution in [1.82, 2.24) is 5.32 Å². The molecular weight excluding hydrogens is 274 g/mol. The minimum absolute atomic E-state index is 0.222. The molecule has 2 rings (SSSR count). The van der Waals surface area contributed by atoms with E-state index in [2.05, 4.69) is 18.3 Å². The summed E-state index contributed by atoms with van der Waals surface area (Å²) in [6.45, 7) is 4.67. The molecule has 1 unspecified atom stereocenters. The number of rotatable bonds is 7. The van der Waals surface area contributed by atoms with Crippen LogP contribution in [0.5, 0.6) is 11.5 Å².